The van der Waals surface area contributed by atoms with E-state index in [4.69, 9.17) is 5.73 Å². The van der Waals surface area contributed by atoms with Crippen molar-refractivity contribution in [1.29, 1.82) is 0 Å². The van der Waals surface area contributed by atoms with Crippen molar-refractivity contribution >= 4 is 17.0 Å². The predicted molar refractivity (Wildman–Crippen MR) is 56.5 cm³/mol. The highest BCUT2D eigenvalue weighted by Crippen LogP contribution is 2.12. The molecule has 0 spiro atoms. The van der Waals surface area contributed by atoms with Crippen molar-refractivity contribution in [3.8, 4) is 0 Å². The van der Waals surface area contributed by atoms with Crippen LogP contribution in [-0.4, -0.2) is 4.98 Å². The van der Waals surface area contributed by atoms with Crippen molar-refractivity contribution in [3.63, 3.8) is 0 Å². The molecule has 2 N–H and O–H groups in total. The number of aromatic nitrogens is 1. The molecule has 0 amide bonds. The van der Waals surface area contributed by atoms with Gasteiger partial charge >= 0.3 is 0 Å². The molecule has 0 bridgehead atoms. The minimum absolute atomic E-state index is 0. The zero-order chi connectivity index (χ0) is 8.27. The molecule has 68 valence electrons. The molecular formula is C9H15BrN2. The molecule has 1 aromatic heterocycles. The highest BCUT2D eigenvalue weighted by atomic mass is 79.9. The number of nitrogens with zero attached hydrogens (tertiary/aromatic N) is 1. The smallest absolute Gasteiger partial charge is 0.0599 e. The fourth-order valence-corrected chi connectivity index (χ4v) is 1.16. The van der Waals surface area contributed by atoms with Crippen LogP contribution >= 0.6 is 17.0 Å². The summed E-state index contributed by atoms with van der Waals surface area (Å²) < 4.78 is 0. The highest BCUT2D eigenvalue weighted by Gasteiger charge is 2.04. The normalized spacial score (nSPS) is 11.9. The molecule has 0 aliphatic rings. The van der Waals surface area contributed by atoms with E-state index in [0.717, 1.165) is 12.1 Å². The average Bonchev–Trinajstić information content (AvgIpc) is 2.04. The molecule has 0 radical (unpaired) electrons. The Morgan fingerprint density at radius 1 is 1.58 bits per heavy atom. The summed E-state index contributed by atoms with van der Waals surface area (Å²) in [6.07, 6.45) is 2.79. The summed E-state index contributed by atoms with van der Waals surface area (Å²) in [7, 11) is 0. The van der Waals surface area contributed by atoms with Gasteiger partial charge in [0.1, 0.15) is 0 Å². The number of pyridine rings is 1. The third-order valence-corrected chi connectivity index (χ3v) is 1.74. The molecule has 0 aliphatic heterocycles. The van der Waals surface area contributed by atoms with E-state index in [1.807, 2.05) is 13.0 Å². The summed E-state index contributed by atoms with van der Waals surface area (Å²) in [4.78, 5) is 4.22. The number of hydrogen-bond donors (Lipinski definition) is 1. The Bertz CT molecular complexity index is 236. The second kappa shape index (κ2) is 5.27. The lowest BCUT2D eigenvalue weighted by atomic mass is 10.1. The van der Waals surface area contributed by atoms with Crippen LogP contribution in [0.15, 0.2) is 18.3 Å². The monoisotopic (exact) mass is 230 g/mol. The SMILES string of the molecule is Br.CCc1cccnc1C(C)N. The molecule has 0 saturated heterocycles. The van der Waals surface area contributed by atoms with Crippen LogP contribution in [-0.2, 0) is 6.42 Å². The summed E-state index contributed by atoms with van der Waals surface area (Å²) >= 11 is 0. The predicted octanol–water partition coefficient (Wildman–Crippen LogP) is 2.24. The van der Waals surface area contributed by atoms with Crippen LogP contribution in [0.25, 0.3) is 0 Å². The van der Waals surface area contributed by atoms with Gasteiger partial charge in [-0.25, -0.2) is 0 Å². The molecule has 2 nitrogen and oxygen atoms in total. The lowest BCUT2D eigenvalue weighted by Crippen LogP contribution is -2.09. The van der Waals surface area contributed by atoms with Crippen LogP contribution in [0.3, 0.4) is 0 Å². The average molecular weight is 231 g/mol. The zero-order valence-corrected chi connectivity index (χ0v) is 9.16. The van der Waals surface area contributed by atoms with E-state index in [9.17, 15) is 0 Å². The minimum atomic E-state index is 0. The van der Waals surface area contributed by atoms with Crippen molar-refractivity contribution in [3.05, 3.63) is 29.6 Å². The topological polar surface area (TPSA) is 38.9 Å². The van der Waals surface area contributed by atoms with Crippen LogP contribution in [0.5, 0.6) is 0 Å². The van der Waals surface area contributed by atoms with Crippen molar-refractivity contribution in [2.45, 2.75) is 26.3 Å². The number of nitrogens with two attached hydrogens (primary N) is 1. The first-order valence-electron chi connectivity index (χ1n) is 3.95. The summed E-state index contributed by atoms with van der Waals surface area (Å²) in [6.45, 7) is 4.07. The van der Waals surface area contributed by atoms with E-state index < -0.39 is 0 Å². The van der Waals surface area contributed by atoms with Crippen LogP contribution in [0.1, 0.15) is 31.1 Å². The molecule has 12 heavy (non-hydrogen) atoms. The van der Waals surface area contributed by atoms with E-state index in [1.165, 1.54) is 5.56 Å². The Labute approximate surface area is 84.0 Å². The van der Waals surface area contributed by atoms with Gasteiger partial charge in [0.05, 0.1) is 5.69 Å². The standard InChI is InChI=1S/C9H14N2.BrH/c1-3-8-5-4-6-11-9(8)7(2)10;/h4-7H,3,10H2,1-2H3;1H. The lowest BCUT2D eigenvalue weighted by molar-refractivity contribution is 0.763. The zero-order valence-electron chi connectivity index (χ0n) is 7.45. The third-order valence-electron chi connectivity index (χ3n) is 1.74. The van der Waals surface area contributed by atoms with Gasteiger partial charge in [0.15, 0.2) is 0 Å². The van der Waals surface area contributed by atoms with Crippen molar-refractivity contribution in [2.75, 3.05) is 0 Å². The largest absolute Gasteiger partial charge is 0.323 e. The van der Waals surface area contributed by atoms with Crippen molar-refractivity contribution in [1.82, 2.24) is 4.98 Å². The summed E-state index contributed by atoms with van der Waals surface area (Å²) in [5, 5.41) is 0. The lowest BCUT2D eigenvalue weighted by Gasteiger charge is -2.08. The van der Waals surface area contributed by atoms with Crippen LogP contribution in [0, 0.1) is 0 Å². The number of aryl methyl sites for hydroxylation is 1. The van der Waals surface area contributed by atoms with E-state index in [2.05, 4.69) is 18.0 Å². The Hall–Kier alpha value is -0.410. The first kappa shape index (κ1) is 11.6. The quantitative estimate of drug-likeness (QED) is 0.847. The molecule has 1 unspecified atom stereocenters. The molecule has 0 aromatic carbocycles. The molecule has 1 heterocycles. The van der Waals surface area contributed by atoms with Crippen molar-refractivity contribution < 1.29 is 0 Å². The molecule has 3 heteroatoms. The van der Waals surface area contributed by atoms with Gasteiger partial charge in [-0.2, -0.15) is 0 Å². The molecule has 1 atom stereocenters. The van der Waals surface area contributed by atoms with E-state index in [1.54, 1.807) is 6.20 Å². The van der Waals surface area contributed by atoms with Gasteiger partial charge in [0, 0.05) is 12.2 Å². The van der Waals surface area contributed by atoms with E-state index in [-0.39, 0.29) is 23.0 Å². The Morgan fingerprint density at radius 2 is 2.25 bits per heavy atom. The summed E-state index contributed by atoms with van der Waals surface area (Å²) in [5.41, 5.74) is 8.00. The van der Waals surface area contributed by atoms with Gasteiger partial charge in [-0.3, -0.25) is 4.98 Å². The first-order valence-corrected chi connectivity index (χ1v) is 3.95. The molecule has 0 fully saturated rings. The fourth-order valence-electron chi connectivity index (χ4n) is 1.16. The Morgan fingerprint density at radius 3 is 2.67 bits per heavy atom. The van der Waals surface area contributed by atoms with E-state index >= 15 is 0 Å². The molecule has 1 aromatic rings. The minimum Gasteiger partial charge on any atom is -0.323 e. The maximum absolute atomic E-state index is 5.73. The summed E-state index contributed by atoms with van der Waals surface area (Å²) in [5.74, 6) is 0. The van der Waals surface area contributed by atoms with Gasteiger partial charge < -0.3 is 5.73 Å². The number of hydrogen-bond acceptors (Lipinski definition) is 2. The molecule has 0 saturated carbocycles. The van der Waals surface area contributed by atoms with Gasteiger partial charge in [-0.05, 0) is 25.0 Å². The van der Waals surface area contributed by atoms with Crippen LogP contribution < -0.4 is 5.73 Å². The third kappa shape index (κ3) is 2.57. The van der Waals surface area contributed by atoms with Crippen molar-refractivity contribution in [2.24, 2.45) is 5.73 Å². The van der Waals surface area contributed by atoms with Gasteiger partial charge in [0.25, 0.3) is 0 Å². The molecule has 1 rings (SSSR count). The van der Waals surface area contributed by atoms with E-state index in [0.29, 0.717) is 0 Å². The fraction of sp³-hybridized carbons (Fsp3) is 0.444. The second-order valence-corrected chi connectivity index (χ2v) is 2.69. The van der Waals surface area contributed by atoms with Crippen LogP contribution in [0.4, 0.5) is 0 Å². The Kier molecular flexibility index (Phi) is 5.09. The molecular weight excluding hydrogens is 216 g/mol. The highest BCUT2D eigenvalue weighted by molar-refractivity contribution is 8.93. The Balaban J connectivity index is 0.00000121. The maximum atomic E-state index is 5.73. The number of halogens is 1. The summed E-state index contributed by atoms with van der Waals surface area (Å²) in [6, 6.07) is 4.07. The number of rotatable bonds is 2. The maximum Gasteiger partial charge on any atom is 0.0599 e. The molecule has 0 aliphatic carbocycles. The van der Waals surface area contributed by atoms with Gasteiger partial charge in [0.2, 0.25) is 0 Å². The first-order chi connectivity index (χ1) is 5.25. The second-order valence-electron chi connectivity index (χ2n) is 2.69. The van der Waals surface area contributed by atoms with Gasteiger partial charge in [-0.1, -0.05) is 13.0 Å². The van der Waals surface area contributed by atoms with Crippen LogP contribution in [0.2, 0.25) is 0 Å². The van der Waals surface area contributed by atoms with Gasteiger partial charge in [-0.15, -0.1) is 17.0 Å².